The minimum atomic E-state index is -3.47. The molecule has 0 atom stereocenters. The molecule has 4 nitrogen and oxygen atoms in total. The summed E-state index contributed by atoms with van der Waals surface area (Å²) in [5.74, 6) is 0. The Bertz CT molecular complexity index is 623. The van der Waals surface area contributed by atoms with Crippen molar-refractivity contribution in [1.82, 2.24) is 4.31 Å². The zero-order valence-electron chi connectivity index (χ0n) is 11.2. The molecule has 2 rings (SSSR count). The van der Waals surface area contributed by atoms with Crippen LogP contribution in [0.2, 0.25) is 0 Å². The first-order chi connectivity index (χ1) is 9.27. The van der Waals surface area contributed by atoms with Crippen LogP contribution in [0.3, 0.4) is 0 Å². The number of piperidine rings is 1. The SMILES string of the molecule is CC1(C(N)=S)CCN(S(=O)(=O)c2ccccc2Br)CC1. The van der Waals surface area contributed by atoms with Gasteiger partial charge in [-0.05, 0) is 40.9 Å². The molecular formula is C13H17BrN2O2S2. The van der Waals surface area contributed by atoms with Crippen LogP contribution in [0.25, 0.3) is 0 Å². The van der Waals surface area contributed by atoms with Gasteiger partial charge in [-0.25, -0.2) is 8.42 Å². The van der Waals surface area contributed by atoms with E-state index in [1.165, 1.54) is 4.31 Å². The van der Waals surface area contributed by atoms with Gasteiger partial charge in [0.05, 0.1) is 9.88 Å². The molecule has 1 saturated heterocycles. The van der Waals surface area contributed by atoms with E-state index in [0.29, 0.717) is 40.3 Å². The number of nitrogens with two attached hydrogens (primary N) is 1. The van der Waals surface area contributed by atoms with Gasteiger partial charge in [-0.3, -0.25) is 0 Å². The van der Waals surface area contributed by atoms with Gasteiger partial charge in [0.2, 0.25) is 10.0 Å². The number of thiocarbonyl (C=S) groups is 1. The van der Waals surface area contributed by atoms with Gasteiger partial charge in [-0.1, -0.05) is 31.3 Å². The molecule has 1 aromatic carbocycles. The largest absolute Gasteiger partial charge is 0.393 e. The summed E-state index contributed by atoms with van der Waals surface area (Å²) in [7, 11) is -3.47. The minimum absolute atomic E-state index is 0.241. The average Bonchev–Trinajstić information content (AvgIpc) is 2.39. The molecule has 1 aromatic rings. The summed E-state index contributed by atoms with van der Waals surface area (Å²) in [6, 6.07) is 6.86. The van der Waals surface area contributed by atoms with E-state index in [2.05, 4.69) is 15.9 Å². The lowest BCUT2D eigenvalue weighted by atomic mass is 9.81. The van der Waals surface area contributed by atoms with Crippen LogP contribution in [0, 0.1) is 5.41 Å². The van der Waals surface area contributed by atoms with Crippen LogP contribution in [0.5, 0.6) is 0 Å². The van der Waals surface area contributed by atoms with E-state index in [-0.39, 0.29) is 5.41 Å². The summed E-state index contributed by atoms with van der Waals surface area (Å²) in [6.45, 7) is 2.88. The number of hydrogen-bond donors (Lipinski definition) is 1. The zero-order valence-corrected chi connectivity index (χ0v) is 14.4. The van der Waals surface area contributed by atoms with Gasteiger partial charge in [-0.15, -0.1) is 0 Å². The van der Waals surface area contributed by atoms with Crippen LogP contribution in [0.1, 0.15) is 19.8 Å². The highest BCUT2D eigenvalue weighted by atomic mass is 79.9. The normalized spacial score (nSPS) is 19.7. The van der Waals surface area contributed by atoms with Gasteiger partial charge in [-0.2, -0.15) is 4.31 Å². The number of hydrogen-bond acceptors (Lipinski definition) is 3. The highest BCUT2D eigenvalue weighted by Gasteiger charge is 2.37. The number of sulfonamides is 1. The van der Waals surface area contributed by atoms with Gasteiger partial charge < -0.3 is 5.73 Å². The molecule has 0 aliphatic carbocycles. The van der Waals surface area contributed by atoms with E-state index in [0.717, 1.165) is 0 Å². The molecule has 0 saturated carbocycles. The van der Waals surface area contributed by atoms with Gasteiger partial charge in [0.1, 0.15) is 0 Å². The van der Waals surface area contributed by atoms with E-state index in [1.54, 1.807) is 24.3 Å². The first-order valence-corrected chi connectivity index (χ1v) is 8.96. The third-order valence-electron chi connectivity index (χ3n) is 3.88. The summed E-state index contributed by atoms with van der Waals surface area (Å²) < 4.78 is 27.3. The maximum atomic E-state index is 12.6. The van der Waals surface area contributed by atoms with Gasteiger partial charge >= 0.3 is 0 Å². The van der Waals surface area contributed by atoms with Crippen molar-refractivity contribution in [2.45, 2.75) is 24.7 Å². The van der Waals surface area contributed by atoms with Crippen molar-refractivity contribution in [3.63, 3.8) is 0 Å². The Hall–Kier alpha value is -0.500. The Kier molecular flexibility index (Phi) is 4.53. The van der Waals surface area contributed by atoms with Crippen LogP contribution in [0.15, 0.2) is 33.6 Å². The smallest absolute Gasteiger partial charge is 0.244 e. The highest BCUT2D eigenvalue weighted by Crippen LogP contribution is 2.34. The van der Waals surface area contributed by atoms with Crippen LogP contribution < -0.4 is 5.73 Å². The molecule has 1 heterocycles. The first-order valence-electron chi connectivity index (χ1n) is 6.32. The monoisotopic (exact) mass is 376 g/mol. The lowest BCUT2D eigenvalue weighted by Crippen LogP contribution is -2.46. The molecule has 0 radical (unpaired) electrons. The summed E-state index contributed by atoms with van der Waals surface area (Å²) in [5, 5.41) is 0. The molecule has 0 unspecified atom stereocenters. The van der Waals surface area contributed by atoms with Gasteiger partial charge in [0.25, 0.3) is 0 Å². The van der Waals surface area contributed by atoms with Gasteiger partial charge in [0, 0.05) is 23.0 Å². The van der Waals surface area contributed by atoms with Crippen molar-refractivity contribution in [2.75, 3.05) is 13.1 Å². The number of nitrogens with zero attached hydrogens (tertiary/aromatic N) is 1. The van der Waals surface area contributed by atoms with Crippen LogP contribution in [-0.2, 0) is 10.0 Å². The van der Waals surface area contributed by atoms with E-state index in [9.17, 15) is 8.42 Å². The second kappa shape index (κ2) is 5.71. The molecule has 0 amide bonds. The van der Waals surface area contributed by atoms with Crippen LogP contribution in [-0.4, -0.2) is 30.8 Å². The maximum Gasteiger partial charge on any atom is 0.244 e. The van der Waals surface area contributed by atoms with E-state index >= 15 is 0 Å². The molecule has 2 N–H and O–H groups in total. The van der Waals surface area contributed by atoms with Crippen molar-refractivity contribution in [1.29, 1.82) is 0 Å². The fraction of sp³-hybridized carbons (Fsp3) is 0.462. The molecule has 20 heavy (non-hydrogen) atoms. The molecule has 1 aliphatic heterocycles. The average molecular weight is 377 g/mol. The Balaban J connectivity index is 2.22. The molecule has 1 fully saturated rings. The number of benzene rings is 1. The molecule has 110 valence electrons. The minimum Gasteiger partial charge on any atom is -0.393 e. The molecule has 0 spiro atoms. The number of halogens is 1. The zero-order chi connectivity index (χ0) is 15.0. The Morgan fingerprint density at radius 3 is 2.40 bits per heavy atom. The maximum absolute atomic E-state index is 12.6. The predicted octanol–water partition coefficient (Wildman–Crippen LogP) is 2.53. The third-order valence-corrected chi connectivity index (χ3v) is 7.28. The molecule has 1 aliphatic rings. The summed E-state index contributed by atoms with van der Waals surface area (Å²) in [4.78, 5) is 0.773. The van der Waals surface area contributed by atoms with Crippen molar-refractivity contribution in [3.05, 3.63) is 28.7 Å². The fourth-order valence-corrected chi connectivity index (χ4v) is 4.87. The van der Waals surface area contributed by atoms with Crippen LogP contribution >= 0.6 is 28.1 Å². The second-order valence-electron chi connectivity index (χ2n) is 5.26. The second-order valence-corrected chi connectivity index (χ2v) is 8.46. The molecular weight excluding hydrogens is 360 g/mol. The lowest BCUT2D eigenvalue weighted by Gasteiger charge is -2.38. The fourth-order valence-electron chi connectivity index (χ4n) is 2.26. The summed E-state index contributed by atoms with van der Waals surface area (Å²) in [6.07, 6.45) is 1.32. The first kappa shape index (κ1) is 15.9. The van der Waals surface area contributed by atoms with Crippen molar-refractivity contribution in [3.8, 4) is 0 Å². The van der Waals surface area contributed by atoms with E-state index in [4.69, 9.17) is 18.0 Å². The Morgan fingerprint density at radius 2 is 1.90 bits per heavy atom. The van der Waals surface area contributed by atoms with E-state index < -0.39 is 10.0 Å². The van der Waals surface area contributed by atoms with Crippen molar-refractivity contribution in [2.24, 2.45) is 11.1 Å². The lowest BCUT2D eigenvalue weighted by molar-refractivity contribution is 0.244. The molecule has 0 bridgehead atoms. The van der Waals surface area contributed by atoms with E-state index in [1.807, 2.05) is 6.92 Å². The summed E-state index contributed by atoms with van der Waals surface area (Å²) >= 11 is 8.38. The highest BCUT2D eigenvalue weighted by molar-refractivity contribution is 9.10. The third kappa shape index (κ3) is 2.90. The quantitative estimate of drug-likeness (QED) is 0.823. The predicted molar refractivity (Wildman–Crippen MR) is 87.0 cm³/mol. The number of rotatable bonds is 3. The Labute approximate surface area is 133 Å². The molecule has 7 heteroatoms. The van der Waals surface area contributed by atoms with Crippen LogP contribution in [0.4, 0.5) is 0 Å². The summed E-state index contributed by atoms with van der Waals surface area (Å²) in [5.41, 5.74) is 5.51. The van der Waals surface area contributed by atoms with Crippen molar-refractivity contribution < 1.29 is 8.42 Å². The molecule has 0 aromatic heterocycles. The standard InChI is InChI=1S/C13H17BrN2O2S2/c1-13(12(15)19)6-8-16(9-7-13)20(17,18)11-5-3-2-4-10(11)14/h2-5H,6-9H2,1H3,(H2,15,19). The van der Waals surface area contributed by atoms with Gasteiger partial charge in [0.15, 0.2) is 0 Å². The Morgan fingerprint density at radius 1 is 1.35 bits per heavy atom. The topological polar surface area (TPSA) is 63.4 Å². The van der Waals surface area contributed by atoms with Crippen molar-refractivity contribution >= 4 is 43.2 Å².